The van der Waals surface area contributed by atoms with Crippen molar-refractivity contribution in [2.75, 3.05) is 24.3 Å². The van der Waals surface area contributed by atoms with E-state index in [2.05, 4.69) is 25.6 Å². The van der Waals surface area contributed by atoms with Crippen molar-refractivity contribution < 1.29 is 9.53 Å². The molecule has 0 bridgehead atoms. The van der Waals surface area contributed by atoms with E-state index in [1.54, 1.807) is 6.07 Å². The summed E-state index contributed by atoms with van der Waals surface area (Å²) in [7, 11) is 1.53. The van der Waals surface area contributed by atoms with Crippen LogP contribution >= 0.6 is 34.5 Å². The molecule has 0 aliphatic carbocycles. The monoisotopic (exact) mass is 487 g/mol. The Morgan fingerprint density at radius 3 is 2.69 bits per heavy atom. The van der Waals surface area contributed by atoms with Gasteiger partial charge in [-0.3, -0.25) is 4.79 Å². The summed E-state index contributed by atoms with van der Waals surface area (Å²) in [4.78, 5) is 24.6. The predicted octanol–water partition coefficient (Wildman–Crippen LogP) is 5.68. The van der Waals surface area contributed by atoms with E-state index in [1.807, 2.05) is 36.4 Å². The van der Waals surface area contributed by atoms with E-state index in [4.69, 9.17) is 27.9 Å². The number of ether oxygens (including phenoxy) is 1. The molecule has 2 heterocycles. The van der Waals surface area contributed by atoms with Crippen LogP contribution in [0.1, 0.15) is 12.5 Å². The zero-order valence-electron chi connectivity index (χ0n) is 17.3. The fourth-order valence-electron chi connectivity index (χ4n) is 3.09. The number of rotatable bonds is 7. The van der Waals surface area contributed by atoms with E-state index in [0.29, 0.717) is 39.7 Å². The highest BCUT2D eigenvalue weighted by Crippen LogP contribution is 2.31. The maximum atomic E-state index is 11.3. The van der Waals surface area contributed by atoms with Gasteiger partial charge in [-0.05, 0) is 36.2 Å². The predicted molar refractivity (Wildman–Crippen MR) is 130 cm³/mol. The molecular formula is C22H19Cl2N5O2S. The second-order valence-corrected chi connectivity index (χ2v) is 8.79. The van der Waals surface area contributed by atoms with E-state index < -0.39 is 0 Å². The minimum Gasteiger partial charge on any atom is -0.467 e. The summed E-state index contributed by atoms with van der Waals surface area (Å²) in [6, 6.07) is 13.4. The highest BCUT2D eigenvalue weighted by Gasteiger charge is 2.11. The van der Waals surface area contributed by atoms with Crippen LogP contribution in [-0.2, 0) is 11.2 Å². The third-order valence-electron chi connectivity index (χ3n) is 4.57. The molecule has 1 amide bonds. The number of amides is 1. The number of methoxy groups -OCH3 is 1. The molecule has 0 radical (unpaired) electrons. The Kier molecular flexibility index (Phi) is 6.74. The van der Waals surface area contributed by atoms with Crippen LogP contribution < -0.4 is 15.4 Å². The molecule has 10 heteroatoms. The van der Waals surface area contributed by atoms with Crippen molar-refractivity contribution in [2.24, 2.45) is 0 Å². The lowest BCUT2D eigenvalue weighted by atomic mass is 10.1. The normalized spacial score (nSPS) is 10.9. The van der Waals surface area contributed by atoms with Crippen LogP contribution in [0.15, 0.2) is 42.5 Å². The van der Waals surface area contributed by atoms with Gasteiger partial charge < -0.3 is 15.4 Å². The number of anilines is 2. The van der Waals surface area contributed by atoms with E-state index in [0.717, 1.165) is 21.3 Å². The molecule has 0 aliphatic rings. The Bertz CT molecular complexity index is 1290. The van der Waals surface area contributed by atoms with Gasteiger partial charge in [0.1, 0.15) is 5.82 Å². The van der Waals surface area contributed by atoms with E-state index in [-0.39, 0.29) is 11.9 Å². The number of benzene rings is 2. The third-order valence-corrected chi connectivity index (χ3v) is 6.09. The number of nitrogens with one attached hydrogen (secondary N) is 2. The van der Waals surface area contributed by atoms with E-state index in [1.165, 1.54) is 25.4 Å². The van der Waals surface area contributed by atoms with Gasteiger partial charge in [0.25, 0.3) is 0 Å². The summed E-state index contributed by atoms with van der Waals surface area (Å²) < 4.78 is 6.23. The molecule has 2 N–H and O–H groups in total. The number of nitrogens with zero attached hydrogens (tertiary/aromatic N) is 3. The molecule has 0 saturated heterocycles. The lowest BCUT2D eigenvalue weighted by Crippen LogP contribution is -2.08. The van der Waals surface area contributed by atoms with Gasteiger partial charge in [-0.1, -0.05) is 46.7 Å². The van der Waals surface area contributed by atoms with Crippen molar-refractivity contribution in [1.82, 2.24) is 15.0 Å². The van der Waals surface area contributed by atoms with E-state index in [9.17, 15) is 4.79 Å². The molecule has 0 aliphatic heterocycles. The number of carbonyl (C=O) groups excluding carboxylic acids is 1. The van der Waals surface area contributed by atoms with Gasteiger partial charge in [0.15, 0.2) is 5.13 Å². The first-order valence-electron chi connectivity index (χ1n) is 9.70. The van der Waals surface area contributed by atoms with E-state index >= 15 is 0 Å². The number of aromatic nitrogens is 3. The van der Waals surface area contributed by atoms with Crippen LogP contribution in [0.25, 0.3) is 21.5 Å². The van der Waals surface area contributed by atoms with Crippen molar-refractivity contribution in [3.05, 3.63) is 58.1 Å². The van der Waals surface area contributed by atoms with Crippen molar-refractivity contribution in [3.8, 4) is 17.3 Å². The first-order chi connectivity index (χ1) is 15.4. The van der Waals surface area contributed by atoms with Gasteiger partial charge in [0.05, 0.1) is 23.0 Å². The van der Waals surface area contributed by atoms with Crippen LogP contribution in [0.4, 0.5) is 10.9 Å². The fourth-order valence-corrected chi connectivity index (χ4v) is 4.55. The smallest absolute Gasteiger partial charge is 0.318 e. The second kappa shape index (κ2) is 9.68. The molecule has 32 heavy (non-hydrogen) atoms. The average molecular weight is 488 g/mol. The van der Waals surface area contributed by atoms with Gasteiger partial charge in [0.2, 0.25) is 5.91 Å². The number of thiazole rings is 1. The molecule has 164 valence electrons. The van der Waals surface area contributed by atoms with Crippen LogP contribution in [0.5, 0.6) is 6.01 Å². The number of halogens is 2. The van der Waals surface area contributed by atoms with Crippen LogP contribution in [0, 0.1) is 0 Å². The maximum Gasteiger partial charge on any atom is 0.318 e. The van der Waals surface area contributed by atoms with Crippen LogP contribution in [-0.4, -0.2) is 34.5 Å². The maximum absolute atomic E-state index is 11.3. The first kappa shape index (κ1) is 22.3. The minimum absolute atomic E-state index is 0.152. The van der Waals surface area contributed by atoms with Crippen LogP contribution in [0.2, 0.25) is 10.0 Å². The summed E-state index contributed by atoms with van der Waals surface area (Å²) in [5, 5.41) is 7.83. The quantitative estimate of drug-likeness (QED) is 0.348. The Labute approximate surface area is 198 Å². The summed E-state index contributed by atoms with van der Waals surface area (Å²) >= 11 is 13.6. The average Bonchev–Trinajstić information content (AvgIpc) is 3.15. The molecule has 0 unspecified atom stereocenters. The number of carbonyl (C=O) groups is 1. The highest BCUT2D eigenvalue weighted by atomic mass is 35.5. The molecular weight excluding hydrogens is 469 g/mol. The Hall–Kier alpha value is -2.94. The SMILES string of the molecule is COc1nc(NCCc2ccc(Cl)cc2Cl)cc(-c2ccc3nc(NC(C)=O)sc3c2)n1. The molecule has 0 saturated carbocycles. The first-order valence-corrected chi connectivity index (χ1v) is 11.3. The molecule has 2 aromatic heterocycles. The standard InChI is InChI=1S/C22H19Cl2N5O2S/c1-12(30)26-22-28-17-6-4-14(9-19(17)32-22)18-11-20(29-21(27-18)31-2)25-8-7-13-3-5-15(23)10-16(13)24/h3-6,9-11H,7-8H2,1-2H3,(H,25,27,29)(H,26,28,30). The summed E-state index contributed by atoms with van der Waals surface area (Å²) in [5.74, 6) is 0.487. The zero-order chi connectivity index (χ0) is 22.7. The Morgan fingerprint density at radius 1 is 1.09 bits per heavy atom. The molecule has 2 aromatic carbocycles. The number of hydrogen-bond acceptors (Lipinski definition) is 7. The van der Waals surface area contributed by atoms with Crippen molar-refractivity contribution >= 4 is 61.6 Å². The molecule has 7 nitrogen and oxygen atoms in total. The largest absolute Gasteiger partial charge is 0.467 e. The summed E-state index contributed by atoms with van der Waals surface area (Å²) in [5.41, 5.74) is 3.40. The van der Waals surface area contributed by atoms with Crippen molar-refractivity contribution in [3.63, 3.8) is 0 Å². The molecule has 0 atom stereocenters. The third kappa shape index (κ3) is 5.27. The number of fused-ring (bicyclic) bond motifs is 1. The van der Waals surface area contributed by atoms with Crippen molar-refractivity contribution in [1.29, 1.82) is 0 Å². The Morgan fingerprint density at radius 2 is 1.94 bits per heavy atom. The molecule has 0 fully saturated rings. The van der Waals surface area contributed by atoms with Gasteiger partial charge >= 0.3 is 6.01 Å². The Balaban J connectivity index is 1.55. The molecule has 4 aromatic rings. The molecule has 0 spiro atoms. The lowest BCUT2D eigenvalue weighted by molar-refractivity contribution is -0.114. The summed E-state index contributed by atoms with van der Waals surface area (Å²) in [6.45, 7) is 2.08. The van der Waals surface area contributed by atoms with Crippen LogP contribution in [0.3, 0.4) is 0 Å². The van der Waals surface area contributed by atoms with Gasteiger partial charge in [0, 0.05) is 35.1 Å². The fraction of sp³-hybridized carbons (Fsp3) is 0.182. The highest BCUT2D eigenvalue weighted by molar-refractivity contribution is 7.22. The van der Waals surface area contributed by atoms with Gasteiger partial charge in [-0.25, -0.2) is 4.98 Å². The van der Waals surface area contributed by atoms with Gasteiger partial charge in [-0.2, -0.15) is 9.97 Å². The summed E-state index contributed by atoms with van der Waals surface area (Å²) in [6.07, 6.45) is 0.705. The van der Waals surface area contributed by atoms with Crippen molar-refractivity contribution in [2.45, 2.75) is 13.3 Å². The lowest BCUT2D eigenvalue weighted by Gasteiger charge is -2.10. The van der Waals surface area contributed by atoms with Gasteiger partial charge in [-0.15, -0.1) is 0 Å². The molecule has 4 rings (SSSR count). The zero-order valence-corrected chi connectivity index (χ0v) is 19.6. The second-order valence-electron chi connectivity index (χ2n) is 6.92. The minimum atomic E-state index is -0.152. The topological polar surface area (TPSA) is 89.0 Å². The number of hydrogen-bond donors (Lipinski definition) is 2.